The molecule has 1 aliphatic rings. The summed E-state index contributed by atoms with van der Waals surface area (Å²) in [5.41, 5.74) is 3.75. The van der Waals surface area contributed by atoms with Gasteiger partial charge in [-0.3, -0.25) is 0 Å². The number of benzene rings is 1. The first-order valence-corrected chi connectivity index (χ1v) is 8.25. The Kier molecular flexibility index (Phi) is 4.90. The van der Waals surface area contributed by atoms with Gasteiger partial charge in [-0.05, 0) is 54.2 Å². The molecule has 20 heavy (non-hydrogen) atoms. The molecule has 1 fully saturated rings. The Labute approximate surface area is 125 Å². The molecule has 1 aliphatic carbocycles. The van der Waals surface area contributed by atoms with Gasteiger partial charge >= 0.3 is 0 Å². The number of hydrogen-bond donors (Lipinski definition) is 1. The highest BCUT2D eigenvalue weighted by atomic mass is 14.9. The topological polar surface area (TPSA) is 12.0 Å². The number of hydrogen-bond acceptors (Lipinski definition) is 1. The molecule has 0 aromatic heterocycles. The second-order valence-electron chi connectivity index (χ2n) is 7.65. The molecule has 1 nitrogen and oxygen atoms in total. The first kappa shape index (κ1) is 15.6. The molecule has 0 unspecified atom stereocenters. The fourth-order valence-electron chi connectivity index (χ4n) is 3.18. The quantitative estimate of drug-likeness (QED) is 0.741. The Balaban J connectivity index is 1.97. The van der Waals surface area contributed by atoms with Gasteiger partial charge in [0.2, 0.25) is 0 Å². The lowest BCUT2D eigenvalue weighted by Crippen LogP contribution is -2.41. The molecule has 1 aromatic rings. The van der Waals surface area contributed by atoms with E-state index in [4.69, 9.17) is 0 Å². The molecule has 112 valence electrons. The largest absolute Gasteiger partial charge is 0.316 e. The molecule has 1 saturated carbocycles. The van der Waals surface area contributed by atoms with E-state index in [1.54, 1.807) is 0 Å². The third-order valence-electron chi connectivity index (χ3n) is 4.74. The first-order chi connectivity index (χ1) is 9.45. The van der Waals surface area contributed by atoms with Crippen LogP contribution in [-0.4, -0.2) is 13.1 Å². The summed E-state index contributed by atoms with van der Waals surface area (Å²) >= 11 is 0. The molecule has 0 heterocycles. The van der Waals surface area contributed by atoms with Gasteiger partial charge in [0, 0.05) is 6.54 Å². The van der Waals surface area contributed by atoms with Crippen molar-refractivity contribution in [3.8, 4) is 0 Å². The van der Waals surface area contributed by atoms with Crippen LogP contribution in [0.15, 0.2) is 24.3 Å². The molecule has 1 aromatic carbocycles. The predicted octanol–water partition coefficient (Wildman–Crippen LogP) is 4.70. The molecular weight excluding hydrogens is 242 g/mol. The van der Waals surface area contributed by atoms with Crippen LogP contribution in [0, 0.1) is 5.41 Å². The first-order valence-electron chi connectivity index (χ1n) is 8.25. The normalized spacial score (nSPS) is 17.8. The average Bonchev–Trinajstić information content (AvgIpc) is 2.35. The maximum atomic E-state index is 3.63. The fraction of sp³-hybridized carbons (Fsp3) is 0.684. The predicted molar refractivity (Wildman–Crippen MR) is 88.3 cm³/mol. The molecule has 0 saturated heterocycles. The molecule has 0 atom stereocenters. The van der Waals surface area contributed by atoms with Crippen LogP contribution in [0.5, 0.6) is 0 Å². The van der Waals surface area contributed by atoms with Crippen molar-refractivity contribution in [1.29, 1.82) is 0 Å². The molecule has 0 radical (unpaired) electrons. The van der Waals surface area contributed by atoms with Crippen molar-refractivity contribution in [2.75, 3.05) is 13.1 Å². The maximum absolute atomic E-state index is 3.63. The minimum absolute atomic E-state index is 0.259. The van der Waals surface area contributed by atoms with Crippen molar-refractivity contribution < 1.29 is 0 Å². The van der Waals surface area contributed by atoms with Crippen LogP contribution >= 0.6 is 0 Å². The zero-order chi connectivity index (χ0) is 14.6. The van der Waals surface area contributed by atoms with E-state index in [0.717, 1.165) is 6.54 Å². The highest BCUT2D eigenvalue weighted by molar-refractivity contribution is 5.28. The highest BCUT2D eigenvalue weighted by Crippen LogP contribution is 2.43. The standard InChI is InChI=1S/C19H31N/c1-5-13-20-15-19(11-6-12-19)14-16-7-9-17(10-8-16)18(2,3)4/h7-10,20H,5-6,11-15H2,1-4H3. The molecule has 2 rings (SSSR count). The molecule has 0 spiro atoms. The monoisotopic (exact) mass is 273 g/mol. The van der Waals surface area contributed by atoms with Crippen molar-refractivity contribution in [3.05, 3.63) is 35.4 Å². The van der Waals surface area contributed by atoms with Gasteiger partial charge in [0.05, 0.1) is 0 Å². The minimum Gasteiger partial charge on any atom is -0.316 e. The van der Waals surface area contributed by atoms with Gasteiger partial charge in [-0.15, -0.1) is 0 Å². The Morgan fingerprint density at radius 3 is 2.20 bits per heavy atom. The maximum Gasteiger partial charge on any atom is 0.00110 e. The summed E-state index contributed by atoms with van der Waals surface area (Å²) in [6.45, 7) is 11.4. The molecule has 1 heteroatoms. The SMILES string of the molecule is CCCNCC1(Cc2ccc(C(C)(C)C)cc2)CCC1. The van der Waals surface area contributed by atoms with E-state index in [9.17, 15) is 0 Å². The smallest absolute Gasteiger partial charge is 0.00110 e. The molecule has 1 N–H and O–H groups in total. The van der Waals surface area contributed by atoms with E-state index in [1.165, 1.54) is 49.8 Å². The van der Waals surface area contributed by atoms with Crippen molar-refractivity contribution in [1.82, 2.24) is 5.32 Å². The summed E-state index contributed by atoms with van der Waals surface area (Å²) in [5, 5.41) is 3.63. The minimum atomic E-state index is 0.259. The zero-order valence-electron chi connectivity index (χ0n) is 13.8. The van der Waals surface area contributed by atoms with Gasteiger partial charge < -0.3 is 5.32 Å². The van der Waals surface area contributed by atoms with Crippen LogP contribution in [0.3, 0.4) is 0 Å². The third-order valence-corrected chi connectivity index (χ3v) is 4.74. The van der Waals surface area contributed by atoms with Crippen LogP contribution in [0.4, 0.5) is 0 Å². The average molecular weight is 273 g/mol. The van der Waals surface area contributed by atoms with Gasteiger partial charge in [0.15, 0.2) is 0 Å². The zero-order valence-corrected chi connectivity index (χ0v) is 13.8. The fourth-order valence-corrected chi connectivity index (χ4v) is 3.18. The van der Waals surface area contributed by atoms with E-state index >= 15 is 0 Å². The summed E-state index contributed by atoms with van der Waals surface area (Å²) in [5.74, 6) is 0. The lowest BCUT2D eigenvalue weighted by atomic mass is 9.65. The Morgan fingerprint density at radius 2 is 1.75 bits per heavy atom. The van der Waals surface area contributed by atoms with Gasteiger partial charge in [-0.2, -0.15) is 0 Å². The van der Waals surface area contributed by atoms with Crippen molar-refractivity contribution in [2.24, 2.45) is 5.41 Å². The van der Waals surface area contributed by atoms with E-state index in [0.29, 0.717) is 5.41 Å². The van der Waals surface area contributed by atoms with E-state index in [-0.39, 0.29) is 5.41 Å². The lowest BCUT2D eigenvalue weighted by Gasteiger charge is -2.42. The summed E-state index contributed by atoms with van der Waals surface area (Å²) in [6.07, 6.45) is 6.67. The lowest BCUT2D eigenvalue weighted by molar-refractivity contribution is 0.130. The second-order valence-corrected chi connectivity index (χ2v) is 7.65. The van der Waals surface area contributed by atoms with E-state index in [2.05, 4.69) is 57.3 Å². The van der Waals surface area contributed by atoms with Gasteiger partial charge in [-0.25, -0.2) is 0 Å². The van der Waals surface area contributed by atoms with Crippen LogP contribution in [-0.2, 0) is 11.8 Å². The van der Waals surface area contributed by atoms with Crippen LogP contribution in [0.1, 0.15) is 64.5 Å². The third kappa shape index (κ3) is 3.85. The van der Waals surface area contributed by atoms with Crippen LogP contribution < -0.4 is 5.32 Å². The van der Waals surface area contributed by atoms with E-state index < -0.39 is 0 Å². The Hall–Kier alpha value is -0.820. The van der Waals surface area contributed by atoms with Gasteiger partial charge in [0.25, 0.3) is 0 Å². The molecule has 0 aliphatic heterocycles. The van der Waals surface area contributed by atoms with Crippen LogP contribution in [0.25, 0.3) is 0 Å². The van der Waals surface area contributed by atoms with Crippen LogP contribution in [0.2, 0.25) is 0 Å². The summed E-state index contributed by atoms with van der Waals surface area (Å²) in [4.78, 5) is 0. The molecular formula is C19H31N. The van der Waals surface area contributed by atoms with Crippen molar-refractivity contribution in [2.45, 2.75) is 65.2 Å². The summed E-state index contributed by atoms with van der Waals surface area (Å²) in [6, 6.07) is 9.34. The van der Waals surface area contributed by atoms with Gasteiger partial charge in [-0.1, -0.05) is 58.4 Å². The van der Waals surface area contributed by atoms with Crippen molar-refractivity contribution in [3.63, 3.8) is 0 Å². The Bertz CT molecular complexity index is 406. The Morgan fingerprint density at radius 1 is 1.10 bits per heavy atom. The molecule has 0 bridgehead atoms. The van der Waals surface area contributed by atoms with E-state index in [1.807, 2.05) is 0 Å². The second kappa shape index (κ2) is 6.30. The number of rotatable bonds is 6. The number of nitrogens with one attached hydrogen (secondary N) is 1. The van der Waals surface area contributed by atoms with Crippen molar-refractivity contribution >= 4 is 0 Å². The summed E-state index contributed by atoms with van der Waals surface area (Å²) < 4.78 is 0. The summed E-state index contributed by atoms with van der Waals surface area (Å²) in [7, 11) is 0. The van der Waals surface area contributed by atoms with Gasteiger partial charge in [0.1, 0.15) is 0 Å². The highest BCUT2D eigenvalue weighted by Gasteiger charge is 2.36. The molecule has 0 amide bonds.